The van der Waals surface area contributed by atoms with Crippen LogP contribution in [0.1, 0.15) is 5.69 Å². The highest BCUT2D eigenvalue weighted by atomic mass is 79.9. The quantitative estimate of drug-likeness (QED) is 0.368. The van der Waals surface area contributed by atoms with Crippen LogP contribution in [0.25, 0.3) is 0 Å². The van der Waals surface area contributed by atoms with Crippen LogP contribution in [0.3, 0.4) is 0 Å². The van der Waals surface area contributed by atoms with Crippen LogP contribution in [0.2, 0.25) is 5.28 Å². The second kappa shape index (κ2) is 6.39. The summed E-state index contributed by atoms with van der Waals surface area (Å²) in [7, 11) is 0. The minimum absolute atomic E-state index is 0.0780. The van der Waals surface area contributed by atoms with Gasteiger partial charge in [-0.05, 0) is 11.6 Å². The normalized spacial score (nSPS) is 15.1. The van der Waals surface area contributed by atoms with E-state index in [1.807, 2.05) is 0 Å². The van der Waals surface area contributed by atoms with Gasteiger partial charge in [0.2, 0.25) is 11.1 Å². The molecule has 9 nitrogen and oxygen atoms in total. The minimum atomic E-state index is -1.01. The number of rotatable bonds is 3. The van der Waals surface area contributed by atoms with Crippen molar-refractivity contribution in [2.24, 2.45) is 0 Å². The fraction of sp³-hybridized carbons (Fsp3) is 0.500. The van der Waals surface area contributed by atoms with Crippen LogP contribution in [0.5, 0.6) is 0 Å². The molecule has 0 aliphatic carbocycles. The van der Waals surface area contributed by atoms with Crippen molar-refractivity contribution >= 4 is 45.1 Å². The molecule has 0 aromatic carbocycles. The van der Waals surface area contributed by atoms with E-state index in [4.69, 9.17) is 16.7 Å². The summed E-state index contributed by atoms with van der Waals surface area (Å²) in [6.45, 7) is 1.11. The first kappa shape index (κ1) is 15.7. The van der Waals surface area contributed by atoms with Crippen molar-refractivity contribution < 1.29 is 14.8 Å². The molecule has 1 N–H and O–H groups in total. The first-order chi connectivity index (χ1) is 9.93. The second-order valence-corrected chi connectivity index (χ2v) is 5.16. The lowest BCUT2D eigenvalue weighted by molar-refractivity contribution is -0.385. The molecule has 1 aromatic rings. The monoisotopic (exact) mass is 379 g/mol. The van der Waals surface area contributed by atoms with Gasteiger partial charge in [-0.3, -0.25) is 10.1 Å². The van der Waals surface area contributed by atoms with Crippen molar-refractivity contribution in [2.45, 2.75) is 5.33 Å². The number of piperazine rings is 1. The van der Waals surface area contributed by atoms with Crippen LogP contribution in [0.15, 0.2) is 0 Å². The maximum Gasteiger partial charge on any atom is 0.407 e. The standard InChI is InChI=1S/C10H11BrClN5O4/c11-5-6-7(17(20)21)8(14-9(12)13-6)15-1-3-16(4-2-15)10(18)19/h1-5H2,(H,18,19). The van der Waals surface area contributed by atoms with Crippen molar-refractivity contribution in [3.05, 3.63) is 21.1 Å². The lowest BCUT2D eigenvalue weighted by atomic mass is 10.3. The third kappa shape index (κ3) is 3.32. The summed E-state index contributed by atoms with van der Waals surface area (Å²) >= 11 is 8.95. The van der Waals surface area contributed by atoms with Gasteiger partial charge in [0.25, 0.3) is 0 Å². The van der Waals surface area contributed by atoms with E-state index in [-0.39, 0.29) is 40.9 Å². The predicted octanol–water partition coefficient (Wildman–Crippen LogP) is 1.73. The van der Waals surface area contributed by atoms with Crippen molar-refractivity contribution in [1.82, 2.24) is 14.9 Å². The summed E-state index contributed by atoms with van der Waals surface area (Å²) in [5, 5.41) is 20.3. The largest absolute Gasteiger partial charge is 0.465 e. The molecule has 21 heavy (non-hydrogen) atoms. The van der Waals surface area contributed by atoms with Crippen molar-refractivity contribution in [1.29, 1.82) is 0 Å². The van der Waals surface area contributed by atoms with Crippen molar-refractivity contribution in [2.75, 3.05) is 31.1 Å². The molecule has 2 rings (SSSR count). The summed E-state index contributed by atoms with van der Waals surface area (Å²) < 4.78 is 0. The van der Waals surface area contributed by atoms with Crippen LogP contribution in [-0.4, -0.2) is 57.2 Å². The highest BCUT2D eigenvalue weighted by molar-refractivity contribution is 9.08. The number of aromatic nitrogens is 2. The van der Waals surface area contributed by atoms with Crippen molar-refractivity contribution in [3.8, 4) is 0 Å². The summed E-state index contributed by atoms with van der Waals surface area (Å²) in [4.78, 5) is 32.3. The Morgan fingerprint density at radius 2 is 2.00 bits per heavy atom. The molecule has 2 heterocycles. The summed E-state index contributed by atoms with van der Waals surface area (Å²) in [5.74, 6) is 0.125. The number of hydrogen-bond donors (Lipinski definition) is 1. The van der Waals surface area contributed by atoms with Gasteiger partial charge >= 0.3 is 11.8 Å². The van der Waals surface area contributed by atoms with Crippen LogP contribution < -0.4 is 4.90 Å². The summed E-state index contributed by atoms with van der Waals surface area (Å²) in [6.07, 6.45) is -1.01. The van der Waals surface area contributed by atoms with E-state index >= 15 is 0 Å². The molecule has 1 aromatic heterocycles. The molecule has 0 unspecified atom stereocenters. The maximum atomic E-state index is 11.3. The third-order valence-electron chi connectivity index (χ3n) is 3.07. The van der Waals surface area contributed by atoms with E-state index in [1.165, 1.54) is 4.90 Å². The van der Waals surface area contributed by atoms with Gasteiger partial charge in [0.15, 0.2) is 0 Å². The van der Waals surface area contributed by atoms with Gasteiger partial charge in [0, 0.05) is 26.2 Å². The number of carboxylic acid groups (broad SMARTS) is 1. The van der Waals surface area contributed by atoms with E-state index in [0.717, 1.165) is 0 Å². The molecule has 0 bridgehead atoms. The SMILES string of the molecule is O=C(O)N1CCN(c2nc(Cl)nc(CBr)c2[N+](=O)[O-])CC1. The van der Waals surface area contributed by atoms with Crippen LogP contribution in [0, 0.1) is 10.1 Å². The number of amides is 1. The zero-order valence-electron chi connectivity index (χ0n) is 10.7. The summed E-state index contributed by atoms with van der Waals surface area (Å²) in [5.41, 5.74) is -0.0179. The Kier molecular flexibility index (Phi) is 4.78. The van der Waals surface area contributed by atoms with Crippen LogP contribution in [0.4, 0.5) is 16.3 Å². The molecule has 11 heteroatoms. The van der Waals surface area contributed by atoms with Crippen LogP contribution >= 0.6 is 27.5 Å². The van der Waals surface area contributed by atoms with E-state index in [1.54, 1.807) is 4.90 Å². The Morgan fingerprint density at radius 1 is 1.38 bits per heavy atom. The number of alkyl halides is 1. The number of nitrogens with zero attached hydrogens (tertiary/aromatic N) is 5. The Balaban J connectivity index is 2.33. The van der Waals surface area contributed by atoms with E-state index in [2.05, 4.69) is 25.9 Å². The molecule has 1 saturated heterocycles. The van der Waals surface area contributed by atoms with Crippen LogP contribution in [-0.2, 0) is 5.33 Å². The zero-order valence-corrected chi connectivity index (χ0v) is 13.0. The highest BCUT2D eigenvalue weighted by Crippen LogP contribution is 2.32. The van der Waals surface area contributed by atoms with Gasteiger partial charge < -0.3 is 14.9 Å². The number of halogens is 2. The van der Waals surface area contributed by atoms with E-state index < -0.39 is 11.0 Å². The molecule has 0 saturated carbocycles. The molecular weight excluding hydrogens is 369 g/mol. The number of carbonyl (C=O) groups is 1. The molecule has 114 valence electrons. The Bertz CT molecular complexity index is 579. The average Bonchev–Trinajstić information content (AvgIpc) is 2.45. The maximum absolute atomic E-state index is 11.3. The smallest absolute Gasteiger partial charge is 0.407 e. The molecule has 1 aliphatic rings. The molecule has 1 fully saturated rings. The second-order valence-electron chi connectivity index (χ2n) is 4.26. The fourth-order valence-electron chi connectivity index (χ4n) is 2.07. The van der Waals surface area contributed by atoms with Crippen molar-refractivity contribution in [3.63, 3.8) is 0 Å². The number of anilines is 1. The Hall–Kier alpha value is -1.68. The predicted molar refractivity (Wildman–Crippen MR) is 78.1 cm³/mol. The topological polar surface area (TPSA) is 113 Å². The average molecular weight is 381 g/mol. The number of nitro groups is 1. The Morgan fingerprint density at radius 3 is 2.48 bits per heavy atom. The zero-order chi connectivity index (χ0) is 15.6. The third-order valence-corrected chi connectivity index (χ3v) is 3.77. The van der Waals surface area contributed by atoms with Gasteiger partial charge in [0.1, 0.15) is 5.69 Å². The lowest BCUT2D eigenvalue weighted by Gasteiger charge is -2.33. The molecule has 0 spiro atoms. The van der Waals surface area contributed by atoms with E-state index in [0.29, 0.717) is 13.1 Å². The first-order valence-electron chi connectivity index (χ1n) is 5.93. The van der Waals surface area contributed by atoms with Gasteiger partial charge in [-0.1, -0.05) is 15.9 Å². The first-order valence-corrected chi connectivity index (χ1v) is 7.43. The molecule has 1 aliphatic heterocycles. The fourth-order valence-corrected chi connectivity index (χ4v) is 2.64. The van der Waals surface area contributed by atoms with Gasteiger partial charge in [-0.25, -0.2) is 9.78 Å². The van der Waals surface area contributed by atoms with Gasteiger partial charge in [0.05, 0.1) is 10.3 Å². The van der Waals surface area contributed by atoms with Gasteiger partial charge in [-0.15, -0.1) is 0 Å². The van der Waals surface area contributed by atoms with Gasteiger partial charge in [-0.2, -0.15) is 4.98 Å². The molecular formula is C10H11BrClN5O4. The molecule has 0 radical (unpaired) electrons. The lowest BCUT2D eigenvalue weighted by Crippen LogP contribution is -2.48. The summed E-state index contributed by atoms with van der Waals surface area (Å²) in [6, 6.07) is 0. The van der Waals surface area contributed by atoms with E-state index in [9.17, 15) is 14.9 Å². The highest BCUT2D eigenvalue weighted by Gasteiger charge is 2.30. The minimum Gasteiger partial charge on any atom is -0.465 e. The molecule has 1 amide bonds. The Labute approximate surface area is 132 Å². The molecule has 0 atom stereocenters. The number of hydrogen-bond acceptors (Lipinski definition) is 6.